The van der Waals surface area contributed by atoms with Crippen LogP contribution in [0.1, 0.15) is 35.2 Å². The molecule has 0 aliphatic rings. The van der Waals surface area contributed by atoms with Crippen molar-refractivity contribution < 1.29 is 4.39 Å². The number of nitrogens with one attached hydrogen (secondary N) is 1. The summed E-state index contributed by atoms with van der Waals surface area (Å²) in [4.78, 5) is 0. The van der Waals surface area contributed by atoms with E-state index in [1.54, 1.807) is 0 Å². The monoisotopic (exact) mass is 349 g/mol. The smallest absolute Gasteiger partial charge is 0.124 e. The Bertz CT molecular complexity index is 625. The van der Waals surface area contributed by atoms with Crippen LogP contribution in [0.2, 0.25) is 0 Å². The normalized spacial score (nSPS) is 12.4. The lowest BCUT2D eigenvalue weighted by atomic mass is 9.94. The van der Waals surface area contributed by atoms with E-state index >= 15 is 0 Å². The fraction of sp³-hybridized carbons (Fsp3) is 0.333. The van der Waals surface area contributed by atoms with Crippen molar-refractivity contribution in [1.82, 2.24) is 5.32 Å². The van der Waals surface area contributed by atoms with Gasteiger partial charge in [0, 0.05) is 10.5 Å². The van der Waals surface area contributed by atoms with Crippen LogP contribution in [0.25, 0.3) is 0 Å². The van der Waals surface area contributed by atoms with Gasteiger partial charge in [-0.05, 0) is 55.6 Å². The summed E-state index contributed by atoms with van der Waals surface area (Å²) >= 11 is 3.46. The maximum absolute atomic E-state index is 13.2. The van der Waals surface area contributed by atoms with Crippen LogP contribution < -0.4 is 5.32 Å². The molecule has 0 saturated carbocycles. The number of aryl methyl sites for hydroxylation is 2. The van der Waals surface area contributed by atoms with Crippen LogP contribution in [-0.2, 0) is 6.42 Å². The van der Waals surface area contributed by atoms with Crippen LogP contribution in [0, 0.1) is 19.7 Å². The highest BCUT2D eigenvalue weighted by Crippen LogP contribution is 2.27. The van der Waals surface area contributed by atoms with Gasteiger partial charge in [0.2, 0.25) is 0 Å². The zero-order valence-electron chi connectivity index (χ0n) is 12.7. The zero-order valence-corrected chi connectivity index (χ0v) is 14.3. The number of halogens is 2. The molecule has 0 fully saturated rings. The molecule has 112 valence electrons. The number of likely N-dealkylation sites (N-methyl/N-ethyl adjacent to an activating group) is 1. The van der Waals surface area contributed by atoms with Crippen molar-refractivity contribution in [3.05, 3.63) is 68.9 Å². The standard InChI is InChI=1S/C18H21BrFN/c1-4-21-18(16-9-12(2)5-6-13(16)3)10-14-7-8-15(20)11-17(14)19/h5-9,11,18,21H,4,10H2,1-3H3. The molecule has 0 aliphatic heterocycles. The van der Waals surface area contributed by atoms with Crippen molar-refractivity contribution in [2.75, 3.05) is 6.54 Å². The second kappa shape index (κ2) is 7.19. The molecule has 3 heteroatoms. The van der Waals surface area contributed by atoms with Gasteiger partial charge in [-0.25, -0.2) is 4.39 Å². The summed E-state index contributed by atoms with van der Waals surface area (Å²) in [6.07, 6.45) is 0.832. The largest absolute Gasteiger partial charge is 0.310 e. The average Bonchev–Trinajstić information content (AvgIpc) is 2.44. The van der Waals surface area contributed by atoms with E-state index in [0.717, 1.165) is 23.0 Å². The van der Waals surface area contributed by atoms with Gasteiger partial charge >= 0.3 is 0 Å². The summed E-state index contributed by atoms with van der Waals surface area (Å²) in [7, 11) is 0. The fourth-order valence-corrected chi connectivity index (χ4v) is 3.09. The van der Waals surface area contributed by atoms with Crippen LogP contribution in [-0.4, -0.2) is 6.54 Å². The van der Waals surface area contributed by atoms with Crippen LogP contribution in [0.3, 0.4) is 0 Å². The quantitative estimate of drug-likeness (QED) is 0.791. The van der Waals surface area contributed by atoms with Crippen molar-refractivity contribution in [2.24, 2.45) is 0 Å². The van der Waals surface area contributed by atoms with Gasteiger partial charge in [0.1, 0.15) is 5.82 Å². The molecular formula is C18H21BrFN. The van der Waals surface area contributed by atoms with Crippen molar-refractivity contribution in [1.29, 1.82) is 0 Å². The van der Waals surface area contributed by atoms with E-state index in [1.807, 2.05) is 6.07 Å². The third kappa shape index (κ3) is 4.14. The molecule has 0 amide bonds. The molecule has 0 heterocycles. The summed E-state index contributed by atoms with van der Waals surface area (Å²) in [5.41, 5.74) is 4.97. The van der Waals surface area contributed by atoms with E-state index in [2.05, 4.69) is 60.2 Å². The molecule has 1 nitrogen and oxygen atoms in total. The first-order chi connectivity index (χ1) is 10.0. The van der Waals surface area contributed by atoms with Crippen molar-refractivity contribution in [3.8, 4) is 0 Å². The Balaban J connectivity index is 2.32. The lowest BCUT2D eigenvalue weighted by molar-refractivity contribution is 0.545. The first-order valence-electron chi connectivity index (χ1n) is 7.25. The molecule has 0 aliphatic carbocycles. The lowest BCUT2D eigenvalue weighted by Crippen LogP contribution is -2.24. The Morgan fingerprint density at radius 3 is 2.57 bits per heavy atom. The van der Waals surface area contributed by atoms with Gasteiger partial charge in [-0.3, -0.25) is 0 Å². The van der Waals surface area contributed by atoms with Gasteiger partial charge in [0.15, 0.2) is 0 Å². The second-order valence-corrected chi connectivity index (χ2v) is 6.26. The Labute approximate surface area is 134 Å². The average molecular weight is 350 g/mol. The molecule has 2 aromatic rings. The molecule has 2 rings (SSSR count). The predicted molar refractivity (Wildman–Crippen MR) is 90.1 cm³/mol. The predicted octanol–water partition coefficient (Wildman–Crippen LogP) is 5.10. The highest BCUT2D eigenvalue weighted by atomic mass is 79.9. The lowest BCUT2D eigenvalue weighted by Gasteiger charge is -2.22. The molecule has 0 saturated heterocycles. The SMILES string of the molecule is CCNC(Cc1ccc(F)cc1Br)c1cc(C)ccc1C. The summed E-state index contributed by atoms with van der Waals surface area (Å²) in [5, 5.41) is 3.54. The summed E-state index contributed by atoms with van der Waals surface area (Å²) in [5.74, 6) is -0.211. The van der Waals surface area contributed by atoms with Gasteiger partial charge in [-0.1, -0.05) is 52.7 Å². The third-order valence-corrected chi connectivity index (χ3v) is 4.44. The molecular weight excluding hydrogens is 329 g/mol. The van der Waals surface area contributed by atoms with Gasteiger partial charge < -0.3 is 5.32 Å². The number of benzene rings is 2. The minimum absolute atomic E-state index is 0.211. The first-order valence-corrected chi connectivity index (χ1v) is 8.05. The van der Waals surface area contributed by atoms with E-state index in [1.165, 1.54) is 28.8 Å². The zero-order chi connectivity index (χ0) is 15.4. The summed E-state index contributed by atoms with van der Waals surface area (Å²) in [6, 6.07) is 11.7. The van der Waals surface area contributed by atoms with Crippen LogP contribution in [0.4, 0.5) is 4.39 Å². The molecule has 2 aromatic carbocycles. The van der Waals surface area contributed by atoms with E-state index in [9.17, 15) is 4.39 Å². The molecule has 0 aromatic heterocycles. The van der Waals surface area contributed by atoms with E-state index in [4.69, 9.17) is 0 Å². The Morgan fingerprint density at radius 2 is 1.90 bits per heavy atom. The van der Waals surface area contributed by atoms with Crippen LogP contribution in [0.15, 0.2) is 40.9 Å². The van der Waals surface area contributed by atoms with Crippen molar-refractivity contribution >= 4 is 15.9 Å². The molecule has 1 N–H and O–H groups in total. The van der Waals surface area contributed by atoms with Gasteiger partial charge in [-0.2, -0.15) is 0 Å². The topological polar surface area (TPSA) is 12.0 Å². The van der Waals surface area contributed by atoms with E-state index in [0.29, 0.717) is 0 Å². The van der Waals surface area contributed by atoms with E-state index < -0.39 is 0 Å². The summed E-state index contributed by atoms with van der Waals surface area (Å²) in [6.45, 7) is 7.26. The second-order valence-electron chi connectivity index (χ2n) is 5.41. The van der Waals surface area contributed by atoms with E-state index in [-0.39, 0.29) is 11.9 Å². The fourth-order valence-electron chi connectivity index (χ4n) is 2.58. The Kier molecular flexibility index (Phi) is 5.54. The number of hydrogen-bond donors (Lipinski definition) is 1. The Morgan fingerprint density at radius 1 is 1.14 bits per heavy atom. The highest BCUT2D eigenvalue weighted by molar-refractivity contribution is 9.10. The van der Waals surface area contributed by atoms with Gasteiger partial charge in [-0.15, -0.1) is 0 Å². The number of hydrogen-bond acceptors (Lipinski definition) is 1. The first kappa shape index (κ1) is 16.2. The van der Waals surface area contributed by atoms with Crippen molar-refractivity contribution in [2.45, 2.75) is 33.2 Å². The molecule has 0 spiro atoms. The van der Waals surface area contributed by atoms with Crippen LogP contribution in [0.5, 0.6) is 0 Å². The maximum atomic E-state index is 13.2. The highest BCUT2D eigenvalue weighted by Gasteiger charge is 2.15. The molecule has 21 heavy (non-hydrogen) atoms. The molecule has 0 bridgehead atoms. The molecule has 1 unspecified atom stereocenters. The van der Waals surface area contributed by atoms with Crippen molar-refractivity contribution in [3.63, 3.8) is 0 Å². The molecule has 1 atom stereocenters. The number of rotatable bonds is 5. The third-order valence-electron chi connectivity index (χ3n) is 3.70. The Hall–Kier alpha value is -1.19. The minimum atomic E-state index is -0.211. The molecule has 0 radical (unpaired) electrons. The minimum Gasteiger partial charge on any atom is -0.310 e. The van der Waals surface area contributed by atoms with Gasteiger partial charge in [0.05, 0.1) is 0 Å². The van der Waals surface area contributed by atoms with Gasteiger partial charge in [0.25, 0.3) is 0 Å². The maximum Gasteiger partial charge on any atom is 0.124 e. The van der Waals surface area contributed by atoms with Crippen LogP contribution >= 0.6 is 15.9 Å². The summed E-state index contributed by atoms with van der Waals surface area (Å²) < 4.78 is 14.1.